The van der Waals surface area contributed by atoms with Crippen LogP contribution in [0.15, 0.2) is 53.2 Å². The summed E-state index contributed by atoms with van der Waals surface area (Å²) in [6, 6.07) is 8.98. The molecule has 0 saturated carbocycles. The quantitative estimate of drug-likeness (QED) is 0.585. The molecule has 0 spiro atoms. The normalized spacial score (nSPS) is 17.0. The minimum atomic E-state index is -0.498. The number of aryl methyl sites for hydroxylation is 1. The van der Waals surface area contributed by atoms with Gasteiger partial charge in [0.05, 0.1) is 12.0 Å². The number of rotatable bonds is 3. The Morgan fingerprint density at radius 2 is 1.91 bits per heavy atom. The van der Waals surface area contributed by atoms with Gasteiger partial charge in [0.25, 0.3) is 11.5 Å². The average Bonchev–Trinajstić information content (AvgIpc) is 3.20. The molecule has 0 unspecified atom stereocenters. The van der Waals surface area contributed by atoms with Crippen LogP contribution in [0.4, 0.5) is 0 Å². The Morgan fingerprint density at radius 3 is 2.64 bits per heavy atom. The average molecular weight is 465 g/mol. The summed E-state index contributed by atoms with van der Waals surface area (Å²) < 4.78 is 9.44. The number of benzene rings is 1. The Hall–Kier alpha value is -3.32. The van der Waals surface area contributed by atoms with Crippen LogP contribution >= 0.6 is 11.6 Å². The lowest BCUT2D eigenvalue weighted by Crippen LogP contribution is -2.46. The number of halogens is 1. The Balaban J connectivity index is 1.50. The van der Waals surface area contributed by atoms with Crippen molar-refractivity contribution in [1.29, 1.82) is 0 Å². The van der Waals surface area contributed by atoms with E-state index in [2.05, 4.69) is 4.98 Å². The van der Waals surface area contributed by atoms with Crippen molar-refractivity contribution in [2.24, 2.45) is 0 Å². The molecule has 0 aliphatic carbocycles. The second kappa shape index (κ2) is 7.63. The molecule has 1 amide bonds. The molecular formula is C25H25ClN4O3. The molecule has 8 heteroatoms. The van der Waals surface area contributed by atoms with E-state index in [4.69, 9.17) is 16.3 Å². The van der Waals surface area contributed by atoms with E-state index in [1.54, 1.807) is 38.7 Å². The topological polar surface area (TPSA) is 69.4 Å². The number of hydrogen-bond acceptors (Lipinski definition) is 4. The van der Waals surface area contributed by atoms with Gasteiger partial charge in [-0.05, 0) is 69.2 Å². The number of carbonyl (C=O) groups excluding carboxylic acids is 1. The van der Waals surface area contributed by atoms with Gasteiger partial charge in [0.1, 0.15) is 22.7 Å². The molecular weight excluding hydrogens is 440 g/mol. The van der Waals surface area contributed by atoms with Crippen LogP contribution in [0.3, 0.4) is 0 Å². The van der Waals surface area contributed by atoms with Crippen LogP contribution in [0.5, 0.6) is 5.75 Å². The van der Waals surface area contributed by atoms with Crippen molar-refractivity contribution in [1.82, 2.24) is 19.0 Å². The first kappa shape index (κ1) is 21.5. The lowest BCUT2D eigenvalue weighted by Gasteiger charge is -2.38. The first-order valence-electron chi connectivity index (χ1n) is 10.9. The molecule has 0 N–H and O–H groups in total. The van der Waals surface area contributed by atoms with Gasteiger partial charge < -0.3 is 18.8 Å². The zero-order chi connectivity index (χ0) is 23.5. The molecule has 2 aliphatic rings. The SMILES string of the molecule is CC1=C(CN2CCn3c(ccc(-n4cnc(C)c4)c3=O)C2=O)c2cc(Cl)ccc2OC1(C)C. The molecule has 5 rings (SSSR count). The molecule has 33 heavy (non-hydrogen) atoms. The van der Waals surface area contributed by atoms with Crippen molar-refractivity contribution in [3.05, 3.63) is 80.8 Å². The van der Waals surface area contributed by atoms with E-state index >= 15 is 0 Å². The van der Waals surface area contributed by atoms with Gasteiger partial charge in [-0.25, -0.2) is 4.98 Å². The molecule has 0 bridgehead atoms. The number of fused-ring (bicyclic) bond motifs is 2. The van der Waals surface area contributed by atoms with Crippen molar-refractivity contribution in [2.75, 3.05) is 13.1 Å². The second-order valence-corrected chi connectivity index (χ2v) is 9.50. The van der Waals surface area contributed by atoms with Crippen LogP contribution in [0, 0.1) is 6.92 Å². The lowest BCUT2D eigenvalue weighted by atomic mass is 9.86. The summed E-state index contributed by atoms with van der Waals surface area (Å²) in [6.07, 6.45) is 3.41. The maximum Gasteiger partial charge on any atom is 0.275 e. The van der Waals surface area contributed by atoms with Gasteiger partial charge in [-0.2, -0.15) is 0 Å². The fraction of sp³-hybridized carbons (Fsp3) is 0.320. The third-order valence-corrected chi connectivity index (χ3v) is 6.82. The van der Waals surface area contributed by atoms with Gasteiger partial charge in [-0.1, -0.05) is 11.6 Å². The zero-order valence-electron chi connectivity index (χ0n) is 19.1. The number of hydrogen-bond donors (Lipinski definition) is 0. The van der Waals surface area contributed by atoms with Gasteiger partial charge in [-0.15, -0.1) is 0 Å². The molecule has 2 aromatic heterocycles. The van der Waals surface area contributed by atoms with Crippen LogP contribution in [0.1, 0.15) is 42.5 Å². The molecule has 1 aromatic carbocycles. The Morgan fingerprint density at radius 1 is 1.12 bits per heavy atom. The van der Waals surface area contributed by atoms with Crippen molar-refractivity contribution in [3.63, 3.8) is 0 Å². The summed E-state index contributed by atoms with van der Waals surface area (Å²) in [7, 11) is 0. The Labute approximate surface area is 196 Å². The van der Waals surface area contributed by atoms with Gasteiger partial charge in [-0.3, -0.25) is 9.59 Å². The fourth-order valence-electron chi connectivity index (χ4n) is 4.50. The van der Waals surface area contributed by atoms with Crippen LogP contribution in [-0.2, 0) is 6.54 Å². The smallest absolute Gasteiger partial charge is 0.275 e. The number of ether oxygens (including phenoxy) is 1. The highest BCUT2D eigenvalue weighted by atomic mass is 35.5. The molecule has 0 atom stereocenters. The summed E-state index contributed by atoms with van der Waals surface area (Å²) >= 11 is 6.28. The molecule has 7 nitrogen and oxygen atoms in total. The number of nitrogens with zero attached hydrogens (tertiary/aromatic N) is 4. The monoisotopic (exact) mass is 464 g/mol. The number of imidazole rings is 1. The Bertz CT molecular complexity index is 1380. The maximum absolute atomic E-state index is 13.4. The number of pyridine rings is 1. The van der Waals surface area contributed by atoms with E-state index in [9.17, 15) is 9.59 Å². The highest BCUT2D eigenvalue weighted by Crippen LogP contribution is 2.42. The predicted octanol–water partition coefficient (Wildman–Crippen LogP) is 4.10. The maximum atomic E-state index is 13.4. The summed E-state index contributed by atoms with van der Waals surface area (Å²) in [5.74, 6) is 0.589. The number of amides is 1. The number of aromatic nitrogens is 3. The molecule has 0 fully saturated rings. The van der Waals surface area contributed by atoms with Gasteiger partial charge in [0, 0.05) is 36.4 Å². The van der Waals surface area contributed by atoms with Gasteiger partial charge in [0.15, 0.2) is 0 Å². The first-order chi connectivity index (χ1) is 15.7. The van der Waals surface area contributed by atoms with E-state index in [0.717, 1.165) is 28.2 Å². The predicted molar refractivity (Wildman–Crippen MR) is 127 cm³/mol. The van der Waals surface area contributed by atoms with E-state index in [0.29, 0.717) is 36.0 Å². The van der Waals surface area contributed by atoms with E-state index in [-0.39, 0.29) is 11.5 Å². The summed E-state index contributed by atoms with van der Waals surface area (Å²) in [6.45, 7) is 9.22. The minimum absolute atomic E-state index is 0.167. The van der Waals surface area contributed by atoms with E-state index in [1.165, 1.54) is 0 Å². The minimum Gasteiger partial charge on any atom is -0.483 e. The molecule has 0 radical (unpaired) electrons. The largest absolute Gasteiger partial charge is 0.483 e. The molecule has 2 aliphatic heterocycles. The summed E-state index contributed by atoms with van der Waals surface area (Å²) in [5.41, 5.74) is 3.98. The van der Waals surface area contributed by atoms with E-state index in [1.807, 2.05) is 45.9 Å². The van der Waals surface area contributed by atoms with E-state index < -0.39 is 5.60 Å². The van der Waals surface area contributed by atoms with Crippen molar-refractivity contribution in [3.8, 4) is 11.4 Å². The van der Waals surface area contributed by atoms with Gasteiger partial charge in [0.2, 0.25) is 0 Å². The highest BCUT2D eigenvalue weighted by molar-refractivity contribution is 6.30. The van der Waals surface area contributed by atoms with Gasteiger partial charge >= 0.3 is 0 Å². The zero-order valence-corrected chi connectivity index (χ0v) is 19.8. The third-order valence-electron chi connectivity index (χ3n) is 6.58. The highest BCUT2D eigenvalue weighted by Gasteiger charge is 2.35. The van der Waals surface area contributed by atoms with Crippen molar-refractivity contribution < 1.29 is 9.53 Å². The third kappa shape index (κ3) is 3.56. The standard InChI is InChI=1S/C25H25ClN4O3/c1-15-12-29(14-27-15)20-6-7-21-23(31)28(9-10-30(21)24(20)32)13-19-16(2)25(3,4)33-22-8-5-17(26)11-18(19)22/h5-8,11-12,14H,9-10,13H2,1-4H3. The molecule has 3 aromatic rings. The van der Waals surface area contributed by atoms with Crippen LogP contribution in [0.2, 0.25) is 5.02 Å². The Kier molecular flexibility index (Phi) is 4.97. The van der Waals surface area contributed by atoms with Crippen LogP contribution < -0.4 is 10.3 Å². The molecule has 170 valence electrons. The molecule has 4 heterocycles. The van der Waals surface area contributed by atoms with Crippen molar-refractivity contribution in [2.45, 2.75) is 39.8 Å². The summed E-state index contributed by atoms with van der Waals surface area (Å²) in [4.78, 5) is 32.5. The summed E-state index contributed by atoms with van der Waals surface area (Å²) in [5, 5.41) is 0.617. The fourth-order valence-corrected chi connectivity index (χ4v) is 4.67. The first-order valence-corrected chi connectivity index (χ1v) is 11.3. The lowest BCUT2D eigenvalue weighted by molar-refractivity contribution is 0.0721. The van der Waals surface area contributed by atoms with Crippen LogP contribution in [-0.4, -0.2) is 43.6 Å². The van der Waals surface area contributed by atoms with Crippen molar-refractivity contribution >= 4 is 23.1 Å². The molecule has 0 saturated heterocycles. The number of carbonyl (C=O) groups is 1. The van der Waals surface area contributed by atoms with Crippen LogP contribution in [0.25, 0.3) is 11.3 Å². The second-order valence-electron chi connectivity index (χ2n) is 9.07.